The zero-order chi connectivity index (χ0) is 19.7. The Morgan fingerprint density at radius 1 is 1.00 bits per heavy atom. The zero-order valence-corrected chi connectivity index (χ0v) is 16.2. The van der Waals surface area contributed by atoms with E-state index < -0.39 is 11.7 Å². The highest BCUT2D eigenvalue weighted by Gasteiger charge is 2.15. The lowest BCUT2D eigenvalue weighted by molar-refractivity contribution is 0.0525. The first-order valence-electron chi connectivity index (χ1n) is 9.10. The maximum Gasteiger partial charge on any atom is 0.407 e. The van der Waals surface area contributed by atoms with E-state index in [9.17, 15) is 9.59 Å². The van der Waals surface area contributed by atoms with Crippen molar-refractivity contribution >= 4 is 11.9 Å². The number of carbonyl (C=O) groups is 2. The molecule has 0 unspecified atom stereocenters. The number of hydrogen-bond acceptors (Lipinski definition) is 4. The number of amides is 1. The number of rotatable bonds is 8. The van der Waals surface area contributed by atoms with Gasteiger partial charge in [0.25, 0.3) is 0 Å². The molecule has 2 aromatic carbocycles. The van der Waals surface area contributed by atoms with Crippen LogP contribution in [0.2, 0.25) is 0 Å². The molecule has 0 saturated heterocycles. The lowest BCUT2D eigenvalue weighted by atomic mass is 10.1. The van der Waals surface area contributed by atoms with Gasteiger partial charge in [-0.25, -0.2) is 4.79 Å². The number of ketones is 1. The minimum Gasteiger partial charge on any atom is -0.489 e. The van der Waals surface area contributed by atoms with Crippen molar-refractivity contribution in [3.8, 4) is 5.75 Å². The summed E-state index contributed by atoms with van der Waals surface area (Å²) in [4.78, 5) is 23.9. The Bertz CT molecular complexity index is 750. The van der Waals surface area contributed by atoms with Crippen molar-refractivity contribution in [2.24, 2.45) is 0 Å². The normalized spacial score (nSPS) is 10.9. The molecule has 0 aromatic heterocycles. The number of alkyl carbamates (subject to hydrolysis) is 1. The van der Waals surface area contributed by atoms with E-state index in [2.05, 4.69) is 5.32 Å². The van der Waals surface area contributed by atoms with Crippen molar-refractivity contribution in [2.75, 3.05) is 6.54 Å². The Morgan fingerprint density at radius 3 is 2.44 bits per heavy atom. The zero-order valence-electron chi connectivity index (χ0n) is 16.2. The topological polar surface area (TPSA) is 64.6 Å². The van der Waals surface area contributed by atoms with Gasteiger partial charge in [-0.15, -0.1) is 0 Å². The van der Waals surface area contributed by atoms with Crippen molar-refractivity contribution in [1.29, 1.82) is 0 Å². The maximum atomic E-state index is 12.3. The van der Waals surface area contributed by atoms with E-state index in [-0.39, 0.29) is 5.78 Å². The number of nitrogens with one attached hydrogen (secondary N) is 1. The molecule has 0 atom stereocenters. The largest absolute Gasteiger partial charge is 0.489 e. The molecular formula is C22H27NO4. The molecule has 0 bridgehead atoms. The Balaban J connectivity index is 1.77. The third-order valence-corrected chi connectivity index (χ3v) is 3.65. The molecule has 5 nitrogen and oxygen atoms in total. The van der Waals surface area contributed by atoms with Crippen LogP contribution in [0.4, 0.5) is 4.79 Å². The second-order valence-corrected chi connectivity index (χ2v) is 7.26. The summed E-state index contributed by atoms with van der Waals surface area (Å²) in [5.41, 5.74) is 1.15. The van der Waals surface area contributed by atoms with Crippen molar-refractivity contribution in [2.45, 2.75) is 45.8 Å². The molecule has 2 aromatic rings. The summed E-state index contributed by atoms with van der Waals surface area (Å²) in [5.74, 6) is 0.683. The van der Waals surface area contributed by atoms with Gasteiger partial charge in [-0.2, -0.15) is 0 Å². The van der Waals surface area contributed by atoms with Gasteiger partial charge in [0.15, 0.2) is 5.78 Å². The fraction of sp³-hybridized carbons (Fsp3) is 0.364. The van der Waals surface area contributed by atoms with Crippen LogP contribution >= 0.6 is 0 Å². The molecule has 5 heteroatoms. The molecule has 27 heavy (non-hydrogen) atoms. The first-order valence-corrected chi connectivity index (χ1v) is 9.10. The third-order valence-electron chi connectivity index (χ3n) is 3.65. The first kappa shape index (κ1) is 20.5. The summed E-state index contributed by atoms with van der Waals surface area (Å²) in [6.45, 7) is 6.28. The second-order valence-electron chi connectivity index (χ2n) is 7.26. The Hall–Kier alpha value is -2.82. The summed E-state index contributed by atoms with van der Waals surface area (Å²) in [7, 11) is 0. The Labute approximate surface area is 160 Å². The molecule has 1 N–H and O–H groups in total. The second kappa shape index (κ2) is 9.76. The highest BCUT2D eigenvalue weighted by Crippen LogP contribution is 2.17. The molecule has 0 radical (unpaired) electrons. The molecule has 0 aliphatic heterocycles. The lowest BCUT2D eigenvalue weighted by Crippen LogP contribution is -2.33. The maximum absolute atomic E-state index is 12.3. The average Bonchev–Trinajstić information content (AvgIpc) is 2.63. The van der Waals surface area contributed by atoms with Gasteiger partial charge in [0, 0.05) is 18.5 Å². The molecule has 144 valence electrons. The fourth-order valence-electron chi connectivity index (χ4n) is 2.40. The average molecular weight is 369 g/mol. The molecular weight excluding hydrogens is 342 g/mol. The van der Waals surface area contributed by atoms with Crippen LogP contribution in [0.15, 0.2) is 54.6 Å². The fourth-order valence-corrected chi connectivity index (χ4v) is 2.40. The van der Waals surface area contributed by atoms with Gasteiger partial charge < -0.3 is 14.8 Å². The number of hydrogen-bond donors (Lipinski definition) is 1. The minimum absolute atomic E-state index is 0.0196. The Kier molecular flexibility index (Phi) is 7.41. The first-order chi connectivity index (χ1) is 12.8. The highest BCUT2D eigenvalue weighted by atomic mass is 16.6. The van der Waals surface area contributed by atoms with E-state index in [1.165, 1.54) is 0 Å². The van der Waals surface area contributed by atoms with Crippen molar-refractivity contribution in [1.82, 2.24) is 5.32 Å². The summed E-state index contributed by atoms with van der Waals surface area (Å²) in [6.07, 6.45) is 0.428. The predicted octanol–water partition coefficient (Wildman–Crippen LogP) is 4.75. The lowest BCUT2D eigenvalue weighted by Gasteiger charge is -2.19. The minimum atomic E-state index is -0.528. The van der Waals surface area contributed by atoms with Crippen molar-refractivity contribution in [3.05, 3.63) is 65.7 Å². The third kappa shape index (κ3) is 7.94. The van der Waals surface area contributed by atoms with Crippen LogP contribution in [-0.4, -0.2) is 24.0 Å². The molecule has 0 fully saturated rings. The molecule has 0 saturated carbocycles. The molecule has 0 aliphatic rings. The van der Waals surface area contributed by atoms with Crippen LogP contribution in [0.5, 0.6) is 5.75 Å². The molecule has 2 rings (SSSR count). The number of carbonyl (C=O) groups excluding carboxylic acids is 2. The van der Waals surface area contributed by atoms with Crippen LogP contribution in [-0.2, 0) is 11.3 Å². The number of ether oxygens (including phenoxy) is 2. The summed E-state index contributed by atoms with van der Waals surface area (Å²) in [6, 6.07) is 17.1. The number of benzene rings is 2. The van der Waals surface area contributed by atoms with Gasteiger partial charge in [-0.3, -0.25) is 4.79 Å². The van der Waals surface area contributed by atoms with E-state index in [0.29, 0.717) is 37.3 Å². The quantitative estimate of drug-likeness (QED) is 0.538. The highest BCUT2D eigenvalue weighted by molar-refractivity contribution is 5.96. The number of Topliss-reactive ketones (excluding diaryl/α,β-unsaturated/α-hetero) is 1. The smallest absolute Gasteiger partial charge is 0.407 e. The molecule has 0 aliphatic carbocycles. The van der Waals surface area contributed by atoms with Gasteiger partial charge in [0.1, 0.15) is 18.0 Å². The standard InChI is InChI=1S/C22H27NO4/c1-22(2,3)27-21(25)23-14-8-13-20(24)18-11-7-12-19(15-18)26-16-17-9-5-4-6-10-17/h4-7,9-12,15H,8,13-14,16H2,1-3H3,(H,23,25). The summed E-state index contributed by atoms with van der Waals surface area (Å²) in [5, 5.41) is 2.66. The van der Waals surface area contributed by atoms with Crippen LogP contribution < -0.4 is 10.1 Å². The molecule has 1 amide bonds. The monoisotopic (exact) mass is 369 g/mol. The van der Waals surface area contributed by atoms with E-state index in [1.807, 2.05) is 63.2 Å². The van der Waals surface area contributed by atoms with Gasteiger partial charge >= 0.3 is 6.09 Å². The van der Waals surface area contributed by atoms with Crippen LogP contribution in [0.1, 0.15) is 49.5 Å². The van der Waals surface area contributed by atoms with Crippen LogP contribution in [0.3, 0.4) is 0 Å². The van der Waals surface area contributed by atoms with E-state index in [1.54, 1.807) is 12.1 Å². The summed E-state index contributed by atoms with van der Waals surface area (Å²) >= 11 is 0. The summed E-state index contributed by atoms with van der Waals surface area (Å²) < 4.78 is 10.9. The van der Waals surface area contributed by atoms with Crippen LogP contribution in [0, 0.1) is 0 Å². The van der Waals surface area contributed by atoms with Gasteiger partial charge in [0.05, 0.1) is 0 Å². The van der Waals surface area contributed by atoms with Crippen LogP contribution in [0.25, 0.3) is 0 Å². The van der Waals surface area contributed by atoms with Crippen molar-refractivity contribution < 1.29 is 19.1 Å². The van der Waals surface area contributed by atoms with E-state index in [4.69, 9.17) is 9.47 Å². The molecule has 0 heterocycles. The van der Waals surface area contributed by atoms with E-state index >= 15 is 0 Å². The van der Waals surface area contributed by atoms with Crippen molar-refractivity contribution in [3.63, 3.8) is 0 Å². The van der Waals surface area contributed by atoms with E-state index in [0.717, 1.165) is 5.56 Å². The molecule has 0 spiro atoms. The van der Waals surface area contributed by atoms with Gasteiger partial charge in [-0.1, -0.05) is 42.5 Å². The SMILES string of the molecule is CC(C)(C)OC(=O)NCCCC(=O)c1cccc(OCc2ccccc2)c1. The predicted molar refractivity (Wildman–Crippen MR) is 105 cm³/mol. The van der Waals surface area contributed by atoms with Gasteiger partial charge in [-0.05, 0) is 44.9 Å². The van der Waals surface area contributed by atoms with Gasteiger partial charge in [0.2, 0.25) is 0 Å². The Morgan fingerprint density at radius 2 is 1.74 bits per heavy atom.